The maximum Gasteiger partial charge on any atom is 0.351 e. The number of aromatic nitrogens is 2. The molecule has 1 aliphatic rings. The number of aliphatic hydroxyl groups is 1. The van der Waals surface area contributed by atoms with Gasteiger partial charge in [-0.3, -0.25) is 9.13 Å². The fourth-order valence-corrected chi connectivity index (χ4v) is 2.32. The highest BCUT2D eigenvalue weighted by molar-refractivity contribution is 7.51. The molecule has 0 bridgehead atoms. The Bertz CT molecular complexity index is 585. The molecule has 10 heteroatoms. The molecule has 1 aromatic heterocycles. The van der Waals surface area contributed by atoms with E-state index in [-0.39, 0.29) is 18.8 Å². The largest absolute Gasteiger partial charge is 0.390 e. The topological polar surface area (TPSA) is 137 Å². The molecule has 4 atom stereocenters. The summed E-state index contributed by atoms with van der Waals surface area (Å²) in [7, 11) is -3.64. The maximum absolute atomic E-state index is 11.7. The van der Waals surface area contributed by atoms with Gasteiger partial charge in [-0.1, -0.05) is 0 Å². The van der Waals surface area contributed by atoms with Gasteiger partial charge in [0.1, 0.15) is 18.1 Å². The van der Waals surface area contributed by atoms with Crippen LogP contribution in [-0.4, -0.2) is 45.0 Å². The molecule has 20 heavy (non-hydrogen) atoms. The Morgan fingerprint density at radius 1 is 1.70 bits per heavy atom. The lowest BCUT2D eigenvalue weighted by Gasteiger charge is -2.16. The summed E-state index contributed by atoms with van der Waals surface area (Å²) in [5.41, 5.74) is 4.79. The standard InChI is InChI=1S/C10H16N3O6P/c1-20(16,17)18-5-7-6(14)4-9(19-7)13-3-2-8(11)12-10(13)15/h2-3,6-7,9,14H,4-5H2,1H3,(H,16,17)(H2,11,12,15)/t6-,7+,9+/m0/s1. The van der Waals surface area contributed by atoms with Crippen LogP contribution in [0.2, 0.25) is 0 Å². The van der Waals surface area contributed by atoms with Gasteiger partial charge in [-0.15, -0.1) is 0 Å². The zero-order chi connectivity index (χ0) is 14.9. The first-order valence-electron chi connectivity index (χ1n) is 5.89. The van der Waals surface area contributed by atoms with Crippen molar-refractivity contribution in [3.05, 3.63) is 22.7 Å². The van der Waals surface area contributed by atoms with Gasteiger partial charge in [0.15, 0.2) is 0 Å². The first kappa shape index (κ1) is 15.1. The van der Waals surface area contributed by atoms with Crippen LogP contribution in [0.15, 0.2) is 17.1 Å². The molecule has 112 valence electrons. The zero-order valence-corrected chi connectivity index (χ0v) is 11.6. The molecule has 0 saturated carbocycles. The molecule has 9 nitrogen and oxygen atoms in total. The van der Waals surface area contributed by atoms with Crippen LogP contribution >= 0.6 is 7.60 Å². The van der Waals surface area contributed by atoms with Gasteiger partial charge in [0.25, 0.3) is 0 Å². The van der Waals surface area contributed by atoms with Crippen LogP contribution in [0.5, 0.6) is 0 Å². The molecule has 2 heterocycles. The first-order valence-corrected chi connectivity index (χ1v) is 7.92. The van der Waals surface area contributed by atoms with E-state index in [4.69, 9.17) is 19.9 Å². The zero-order valence-electron chi connectivity index (χ0n) is 10.7. The van der Waals surface area contributed by atoms with Crippen molar-refractivity contribution < 1.29 is 23.8 Å². The van der Waals surface area contributed by atoms with Crippen LogP contribution in [-0.2, 0) is 13.8 Å². The predicted octanol–water partition coefficient (Wildman–Crippen LogP) is -0.694. The minimum Gasteiger partial charge on any atom is -0.390 e. The number of ether oxygens (including phenoxy) is 1. The second-order valence-electron chi connectivity index (χ2n) is 4.57. The summed E-state index contributed by atoms with van der Waals surface area (Å²) < 4.78 is 22.4. The van der Waals surface area contributed by atoms with E-state index in [1.54, 1.807) is 0 Å². The molecule has 1 aliphatic heterocycles. The fourth-order valence-electron chi connectivity index (χ4n) is 1.89. The third kappa shape index (κ3) is 3.65. The van der Waals surface area contributed by atoms with Gasteiger partial charge in [0, 0.05) is 19.3 Å². The Morgan fingerprint density at radius 2 is 2.40 bits per heavy atom. The van der Waals surface area contributed by atoms with Gasteiger partial charge in [-0.2, -0.15) is 4.98 Å². The maximum atomic E-state index is 11.7. The Morgan fingerprint density at radius 3 is 3.00 bits per heavy atom. The highest BCUT2D eigenvalue weighted by Crippen LogP contribution is 2.38. The van der Waals surface area contributed by atoms with Crippen LogP contribution in [0.3, 0.4) is 0 Å². The number of aliphatic hydroxyl groups excluding tert-OH is 1. The van der Waals surface area contributed by atoms with E-state index in [0.29, 0.717) is 0 Å². The summed E-state index contributed by atoms with van der Waals surface area (Å²) >= 11 is 0. The highest BCUT2D eigenvalue weighted by atomic mass is 31.2. The van der Waals surface area contributed by atoms with Gasteiger partial charge in [-0.25, -0.2) is 4.79 Å². The van der Waals surface area contributed by atoms with Crippen molar-refractivity contribution >= 4 is 13.4 Å². The molecular weight excluding hydrogens is 289 g/mol. The van der Waals surface area contributed by atoms with Crippen molar-refractivity contribution in [1.29, 1.82) is 0 Å². The molecule has 2 rings (SSSR count). The number of nitrogen functional groups attached to an aromatic ring is 1. The molecule has 4 N–H and O–H groups in total. The van der Waals surface area contributed by atoms with Crippen molar-refractivity contribution in [3.8, 4) is 0 Å². The summed E-state index contributed by atoms with van der Waals surface area (Å²) in [4.78, 5) is 24.3. The Balaban J connectivity index is 2.06. The second kappa shape index (κ2) is 5.63. The lowest BCUT2D eigenvalue weighted by Crippen LogP contribution is -2.28. The Labute approximate surface area is 114 Å². The van der Waals surface area contributed by atoms with E-state index in [0.717, 1.165) is 6.66 Å². The van der Waals surface area contributed by atoms with E-state index >= 15 is 0 Å². The Kier molecular flexibility index (Phi) is 4.26. The normalized spacial score (nSPS) is 29.2. The average Bonchev–Trinajstić information content (AvgIpc) is 2.67. The predicted molar refractivity (Wildman–Crippen MR) is 69.1 cm³/mol. The molecule has 0 spiro atoms. The summed E-state index contributed by atoms with van der Waals surface area (Å²) in [6, 6.07) is 1.44. The molecule has 1 aromatic rings. The van der Waals surface area contributed by atoms with Crippen molar-refractivity contribution in [2.75, 3.05) is 19.0 Å². The third-order valence-corrected chi connectivity index (χ3v) is 3.47. The van der Waals surface area contributed by atoms with Crippen LogP contribution < -0.4 is 11.4 Å². The van der Waals surface area contributed by atoms with Crippen LogP contribution in [0.25, 0.3) is 0 Å². The summed E-state index contributed by atoms with van der Waals surface area (Å²) in [6.07, 6.45) is -0.837. The smallest absolute Gasteiger partial charge is 0.351 e. The van der Waals surface area contributed by atoms with Gasteiger partial charge in [0.2, 0.25) is 0 Å². The number of nitrogens with two attached hydrogens (primary N) is 1. The number of rotatable bonds is 4. The number of hydrogen-bond donors (Lipinski definition) is 3. The minimum absolute atomic E-state index is 0.0943. The molecule has 1 unspecified atom stereocenters. The summed E-state index contributed by atoms with van der Waals surface area (Å²) in [6.45, 7) is 0.805. The second-order valence-corrected chi connectivity index (χ2v) is 6.44. The molecule has 0 radical (unpaired) electrons. The van der Waals surface area contributed by atoms with E-state index in [9.17, 15) is 14.5 Å². The van der Waals surface area contributed by atoms with Crippen LogP contribution in [0.4, 0.5) is 5.82 Å². The first-order chi connectivity index (χ1) is 9.26. The van der Waals surface area contributed by atoms with Gasteiger partial charge in [0.05, 0.1) is 12.7 Å². The van der Waals surface area contributed by atoms with E-state index in [1.807, 2.05) is 0 Å². The van der Waals surface area contributed by atoms with Crippen molar-refractivity contribution in [1.82, 2.24) is 9.55 Å². The molecule has 1 fully saturated rings. The fraction of sp³-hybridized carbons (Fsp3) is 0.600. The SMILES string of the molecule is CP(=O)(O)OC[C@H]1O[C@@H](n2ccc(N)nc2=O)C[C@@H]1O. The number of anilines is 1. The molecule has 0 aliphatic carbocycles. The van der Waals surface area contributed by atoms with E-state index in [2.05, 4.69) is 4.98 Å². The quantitative estimate of drug-likeness (QED) is 0.621. The van der Waals surface area contributed by atoms with E-state index < -0.39 is 31.7 Å². The monoisotopic (exact) mass is 305 g/mol. The molecular formula is C10H16N3O6P. The molecule has 0 aromatic carbocycles. The Hall–Kier alpha value is -1.25. The highest BCUT2D eigenvalue weighted by Gasteiger charge is 2.36. The average molecular weight is 305 g/mol. The van der Waals surface area contributed by atoms with Gasteiger partial charge < -0.3 is 25.0 Å². The van der Waals surface area contributed by atoms with Crippen molar-refractivity contribution in [2.45, 2.75) is 24.9 Å². The number of hydrogen-bond acceptors (Lipinski definition) is 7. The van der Waals surface area contributed by atoms with Crippen molar-refractivity contribution in [3.63, 3.8) is 0 Å². The lowest BCUT2D eigenvalue weighted by molar-refractivity contribution is -0.0421. The molecule has 0 amide bonds. The summed E-state index contributed by atoms with van der Waals surface area (Å²) in [5.74, 6) is 0.0943. The van der Waals surface area contributed by atoms with Gasteiger partial charge >= 0.3 is 13.3 Å². The third-order valence-electron chi connectivity index (χ3n) is 2.84. The minimum atomic E-state index is -3.64. The summed E-state index contributed by atoms with van der Waals surface area (Å²) in [5, 5.41) is 9.83. The van der Waals surface area contributed by atoms with Crippen molar-refractivity contribution in [2.24, 2.45) is 0 Å². The number of nitrogens with zero attached hydrogens (tertiary/aromatic N) is 2. The van der Waals surface area contributed by atoms with Gasteiger partial charge in [-0.05, 0) is 6.07 Å². The lowest BCUT2D eigenvalue weighted by atomic mass is 10.2. The molecule has 1 saturated heterocycles. The van der Waals surface area contributed by atoms with E-state index in [1.165, 1.54) is 16.8 Å². The van der Waals surface area contributed by atoms with Crippen LogP contribution in [0.1, 0.15) is 12.6 Å². The van der Waals surface area contributed by atoms with Crippen LogP contribution in [0, 0.1) is 0 Å².